The highest BCUT2D eigenvalue weighted by Crippen LogP contribution is 2.14. The smallest absolute Gasteiger partial charge is 0.410 e. The third kappa shape index (κ3) is 4.51. The average Bonchev–Trinajstić information content (AvgIpc) is 2.52. The summed E-state index contributed by atoms with van der Waals surface area (Å²) in [7, 11) is 0. The van der Waals surface area contributed by atoms with Crippen LogP contribution in [0.25, 0.3) is 0 Å². The first-order valence-electron chi connectivity index (χ1n) is 7.07. The molecule has 1 atom stereocenters. The lowest BCUT2D eigenvalue weighted by atomic mass is 10.1. The van der Waals surface area contributed by atoms with Gasteiger partial charge in [0, 0.05) is 13.1 Å². The minimum atomic E-state index is -0.269. The van der Waals surface area contributed by atoms with E-state index in [9.17, 15) is 4.79 Å². The number of carbonyl (C=O) groups is 1. The first-order valence-corrected chi connectivity index (χ1v) is 7.07. The molecule has 2 N–H and O–H groups in total. The lowest BCUT2D eigenvalue weighted by Gasteiger charge is -2.31. The number of benzene rings is 1. The molecule has 5 heteroatoms. The maximum absolute atomic E-state index is 12.0. The van der Waals surface area contributed by atoms with Gasteiger partial charge in [0.1, 0.15) is 6.61 Å². The molecule has 1 aliphatic rings. The van der Waals surface area contributed by atoms with Crippen molar-refractivity contribution in [2.45, 2.75) is 25.6 Å². The fourth-order valence-corrected chi connectivity index (χ4v) is 2.29. The van der Waals surface area contributed by atoms with Crippen LogP contribution in [0.15, 0.2) is 30.3 Å². The molecular formula is C15H22N2O3. The van der Waals surface area contributed by atoms with Crippen molar-refractivity contribution in [3.63, 3.8) is 0 Å². The number of amides is 1. The Bertz CT molecular complexity index is 411. The van der Waals surface area contributed by atoms with Gasteiger partial charge in [0.15, 0.2) is 0 Å². The number of nitrogens with two attached hydrogens (primary N) is 1. The van der Waals surface area contributed by atoms with Gasteiger partial charge in [-0.3, -0.25) is 0 Å². The van der Waals surface area contributed by atoms with Crippen LogP contribution in [0.2, 0.25) is 0 Å². The zero-order valence-corrected chi connectivity index (χ0v) is 11.7. The molecule has 0 saturated carbocycles. The molecule has 110 valence electrons. The highest BCUT2D eigenvalue weighted by Gasteiger charge is 2.24. The molecule has 1 saturated heterocycles. The second-order valence-corrected chi connectivity index (χ2v) is 4.91. The monoisotopic (exact) mass is 278 g/mol. The number of carbonyl (C=O) groups excluding carboxylic acids is 1. The Hall–Kier alpha value is -1.59. The van der Waals surface area contributed by atoms with Crippen molar-refractivity contribution >= 4 is 6.09 Å². The molecule has 2 rings (SSSR count). The molecule has 0 aliphatic carbocycles. The van der Waals surface area contributed by atoms with Gasteiger partial charge in [-0.25, -0.2) is 4.79 Å². The molecule has 20 heavy (non-hydrogen) atoms. The summed E-state index contributed by atoms with van der Waals surface area (Å²) in [5, 5.41) is 0. The summed E-state index contributed by atoms with van der Waals surface area (Å²) in [6.07, 6.45) is 1.73. The molecule has 1 aromatic carbocycles. The van der Waals surface area contributed by atoms with Crippen molar-refractivity contribution in [1.29, 1.82) is 0 Å². The van der Waals surface area contributed by atoms with E-state index in [0.717, 1.165) is 24.9 Å². The fraction of sp³-hybridized carbons (Fsp3) is 0.533. The van der Waals surface area contributed by atoms with Gasteiger partial charge in [-0.2, -0.15) is 0 Å². The van der Waals surface area contributed by atoms with Crippen LogP contribution in [0.3, 0.4) is 0 Å². The van der Waals surface area contributed by atoms with Gasteiger partial charge in [0.25, 0.3) is 0 Å². The van der Waals surface area contributed by atoms with Crippen molar-refractivity contribution in [3.05, 3.63) is 35.9 Å². The van der Waals surface area contributed by atoms with Crippen molar-refractivity contribution < 1.29 is 14.3 Å². The van der Waals surface area contributed by atoms with Crippen molar-refractivity contribution in [2.24, 2.45) is 5.73 Å². The maximum atomic E-state index is 12.0. The second-order valence-electron chi connectivity index (χ2n) is 4.91. The molecule has 0 radical (unpaired) electrons. The predicted molar refractivity (Wildman–Crippen MR) is 76.2 cm³/mol. The Morgan fingerprint density at radius 1 is 1.35 bits per heavy atom. The van der Waals surface area contributed by atoms with E-state index in [4.69, 9.17) is 15.2 Å². The van der Waals surface area contributed by atoms with E-state index in [2.05, 4.69) is 0 Å². The number of hydrogen-bond acceptors (Lipinski definition) is 4. The Balaban J connectivity index is 1.77. The fourth-order valence-electron chi connectivity index (χ4n) is 2.29. The number of likely N-dealkylation sites (tertiary alicyclic amines) is 1. The number of ether oxygens (including phenoxy) is 2. The van der Waals surface area contributed by atoms with Crippen molar-refractivity contribution in [3.8, 4) is 0 Å². The molecule has 1 unspecified atom stereocenters. The molecule has 0 spiro atoms. The lowest BCUT2D eigenvalue weighted by Crippen LogP contribution is -2.43. The van der Waals surface area contributed by atoms with Crippen LogP contribution in [0, 0.1) is 0 Å². The summed E-state index contributed by atoms with van der Waals surface area (Å²) >= 11 is 0. The molecule has 0 bridgehead atoms. The largest absolute Gasteiger partial charge is 0.445 e. The minimum absolute atomic E-state index is 0.0802. The zero-order chi connectivity index (χ0) is 14.2. The molecule has 1 amide bonds. The predicted octanol–water partition coefficient (Wildman–Crippen LogP) is 1.76. The third-order valence-electron chi connectivity index (χ3n) is 3.31. The molecular weight excluding hydrogens is 256 g/mol. The minimum Gasteiger partial charge on any atom is -0.445 e. The van der Waals surface area contributed by atoms with Gasteiger partial charge in [-0.05, 0) is 18.4 Å². The van der Waals surface area contributed by atoms with Crippen LogP contribution in [0.1, 0.15) is 18.4 Å². The van der Waals surface area contributed by atoms with Crippen molar-refractivity contribution in [2.75, 3.05) is 26.2 Å². The summed E-state index contributed by atoms with van der Waals surface area (Å²) < 4.78 is 10.9. The molecule has 1 aromatic rings. The van der Waals surface area contributed by atoms with E-state index in [1.165, 1.54) is 0 Å². The van der Waals surface area contributed by atoms with Gasteiger partial charge in [0.2, 0.25) is 0 Å². The number of piperidine rings is 1. The van der Waals surface area contributed by atoms with Crippen molar-refractivity contribution in [1.82, 2.24) is 4.90 Å². The summed E-state index contributed by atoms with van der Waals surface area (Å²) in [5.74, 6) is 0. The van der Waals surface area contributed by atoms with Crippen LogP contribution >= 0.6 is 0 Å². The van der Waals surface area contributed by atoms with E-state index in [1.54, 1.807) is 4.90 Å². The van der Waals surface area contributed by atoms with E-state index in [1.807, 2.05) is 30.3 Å². The summed E-state index contributed by atoms with van der Waals surface area (Å²) in [5.41, 5.74) is 6.42. The van der Waals surface area contributed by atoms with E-state index in [0.29, 0.717) is 26.3 Å². The first kappa shape index (κ1) is 14.8. The summed E-state index contributed by atoms with van der Waals surface area (Å²) in [6, 6.07) is 9.68. The van der Waals surface area contributed by atoms with Gasteiger partial charge < -0.3 is 20.1 Å². The van der Waals surface area contributed by atoms with Gasteiger partial charge in [-0.15, -0.1) is 0 Å². The standard InChI is InChI=1S/C15H22N2O3/c16-8-10-19-14-7-4-9-17(11-14)15(18)20-12-13-5-2-1-3-6-13/h1-3,5-6,14H,4,7-12,16H2. The lowest BCUT2D eigenvalue weighted by molar-refractivity contribution is -0.0000517. The van der Waals surface area contributed by atoms with E-state index < -0.39 is 0 Å². The highest BCUT2D eigenvalue weighted by molar-refractivity contribution is 5.67. The number of hydrogen-bond donors (Lipinski definition) is 1. The van der Waals surface area contributed by atoms with Gasteiger partial charge >= 0.3 is 6.09 Å². The molecule has 0 aromatic heterocycles. The summed E-state index contributed by atoms with van der Waals surface area (Å²) in [4.78, 5) is 13.7. The van der Waals surface area contributed by atoms with Gasteiger partial charge in [-0.1, -0.05) is 30.3 Å². The molecule has 1 fully saturated rings. The maximum Gasteiger partial charge on any atom is 0.410 e. The van der Waals surface area contributed by atoms with Crippen LogP contribution < -0.4 is 5.73 Å². The van der Waals surface area contributed by atoms with E-state index in [-0.39, 0.29) is 12.2 Å². The Morgan fingerprint density at radius 2 is 2.15 bits per heavy atom. The normalized spacial score (nSPS) is 18.9. The second kappa shape index (κ2) is 7.87. The third-order valence-corrected chi connectivity index (χ3v) is 3.31. The van der Waals surface area contributed by atoms with Gasteiger partial charge in [0.05, 0.1) is 19.3 Å². The van der Waals surface area contributed by atoms with Crippen LogP contribution in [0.4, 0.5) is 4.79 Å². The highest BCUT2D eigenvalue weighted by atomic mass is 16.6. The Labute approximate surface area is 119 Å². The summed E-state index contributed by atoms with van der Waals surface area (Å²) in [6.45, 7) is 2.68. The molecule has 5 nitrogen and oxygen atoms in total. The molecule has 1 heterocycles. The van der Waals surface area contributed by atoms with Crippen LogP contribution in [-0.4, -0.2) is 43.3 Å². The number of rotatable bonds is 5. The quantitative estimate of drug-likeness (QED) is 0.891. The molecule has 1 aliphatic heterocycles. The van der Waals surface area contributed by atoms with E-state index >= 15 is 0 Å². The topological polar surface area (TPSA) is 64.8 Å². The zero-order valence-electron chi connectivity index (χ0n) is 11.7. The van der Waals surface area contributed by atoms with Crippen LogP contribution in [0.5, 0.6) is 0 Å². The first-order chi connectivity index (χ1) is 9.79. The van der Waals surface area contributed by atoms with Crippen LogP contribution in [-0.2, 0) is 16.1 Å². The average molecular weight is 278 g/mol. The number of nitrogens with zero attached hydrogens (tertiary/aromatic N) is 1. The Morgan fingerprint density at radius 3 is 2.90 bits per heavy atom. The SMILES string of the molecule is NCCOC1CCCN(C(=O)OCc2ccccc2)C1. The Kier molecular flexibility index (Phi) is 5.83.